The molecule has 0 radical (unpaired) electrons. The van der Waals surface area contributed by atoms with Gasteiger partial charge in [0.1, 0.15) is 6.61 Å². The summed E-state index contributed by atoms with van der Waals surface area (Å²) in [5.74, 6) is -2.32. The minimum Gasteiger partial charge on any atom is -0.479 e. The molecule has 0 amide bonds. The van der Waals surface area contributed by atoms with Crippen molar-refractivity contribution in [1.82, 2.24) is 0 Å². The zero-order valence-corrected chi connectivity index (χ0v) is 6.17. The highest BCUT2D eigenvalue weighted by Crippen LogP contribution is 1.99. The summed E-state index contributed by atoms with van der Waals surface area (Å²) in [7, 11) is 0. The molecule has 0 saturated carbocycles. The highest BCUT2D eigenvalue weighted by Gasteiger charge is 2.25. The van der Waals surface area contributed by atoms with Gasteiger partial charge >= 0.3 is 5.97 Å². The summed E-state index contributed by atoms with van der Waals surface area (Å²) in [5.41, 5.74) is 0. The summed E-state index contributed by atoms with van der Waals surface area (Å²) in [4.78, 5) is 20.5. The molecule has 12 heavy (non-hydrogen) atoms. The molecule has 2 atom stereocenters. The van der Waals surface area contributed by atoms with Gasteiger partial charge < -0.3 is 20.4 Å². The Morgan fingerprint density at radius 2 is 1.75 bits per heavy atom. The van der Waals surface area contributed by atoms with E-state index in [0.29, 0.717) is 0 Å². The largest absolute Gasteiger partial charge is 0.479 e. The fourth-order valence-electron chi connectivity index (χ4n) is 0.574. The molecule has 0 spiro atoms. The van der Waals surface area contributed by atoms with Crippen LogP contribution in [0.1, 0.15) is 6.42 Å². The molecular weight excluding hydrogens is 168 g/mol. The maximum absolute atomic E-state index is 10.4. The number of aliphatic hydroxyl groups excluding tert-OH is 3. The van der Waals surface area contributed by atoms with Gasteiger partial charge in [-0.25, -0.2) is 4.79 Å². The van der Waals surface area contributed by atoms with E-state index in [2.05, 4.69) is 0 Å². The molecule has 0 aliphatic carbocycles. The maximum Gasteiger partial charge on any atom is 0.335 e. The zero-order valence-electron chi connectivity index (χ0n) is 6.17. The van der Waals surface area contributed by atoms with Crippen LogP contribution < -0.4 is 0 Å². The number of hydrogen-bond acceptors (Lipinski definition) is 5. The molecule has 0 fully saturated rings. The second-order valence-corrected chi connectivity index (χ2v) is 2.25. The smallest absolute Gasteiger partial charge is 0.335 e. The van der Waals surface area contributed by atoms with Gasteiger partial charge in [-0.15, -0.1) is 0 Å². The van der Waals surface area contributed by atoms with Crippen LogP contribution in [0.3, 0.4) is 0 Å². The van der Waals surface area contributed by atoms with Gasteiger partial charge in [0.25, 0.3) is 0 Å². The summed E-state index contributed by atoms with van der Waals surface area (Å²) in [5, 5.41) is 33.9. The predicted molar refractivity (Wildman–Crippen MR) is 36.4 cm³/mol. The van der Waals surface area contributed by atoms with Crippen LogP contribution in [0.25, 0.3) is 0 Å². The predicted octanol–water partition coefficient (Wildman–Crippen LogP) is -2.26. The topological polar surface area (TPSA) is 115 Å². The van der Waals surface area contributed by atoms with E-state index in [4.69, 9.17) is 20.4 Å². The van der Waals surface area contributed by atoms with Gasteiger partial charge in [0, 0.05) is 6.42 Å². The molecule has 0 aliphatic rings. The summed E-state index contributed by atoms with van der Waals surface area (Å²) in [6.45, 7) is -0.774. The van der Waals surface area contributed by atoms with Crippen LogP contribution in [0, 0.1) is 0 Å². The highest BCUT2D eigenvalue weighted by molar-refractivity contribution is 5.81. The molecule has 0 heterocycles. The molecule has 0 unspecified atom stereocenters. The lowest BCUT2D eigenvalue weighted by Crippen LogP contribution is -2.35. The summed E-state index contributed by atoms with van der Waals surface area (Å²) >= 11 is 0. The SMILES string of the molecule is O=C(CO)C[C@H](O)[C@@H](O)C(=O)O. The van der Waals surface area contributed by atoms with Gasteiger partial charge in [-0.3, -0.25) is 4.79 Å². The van der Waals surface area contributed by atoms with Crippen LogP contribution in [-0.4, -0.2) is 51.0 Å². The molecule has 0 aliphatic heterocycles. The first kappa shape index (κ1) is 11.0. The quantitative estimate of drug-likeness (QED) is 0.378. The Kier molecular flexibility index (Phi) is 4.42. The second kappa shape index (κ2) is 4.81. The van der Waals surface area contributed by atoms with E-state index in [1.54, 1.807) is 0 Å². The number of carboxylic acids is 1. The van der Waals surface area contributed by atoms with Gasteiger partial charge in [-0.1, -0.05) is 0 Å². The third kappa shape index (κ3) is 3.42. The van der Waals surface area contributed by atoms with Crippen LogP contribution in [0.4, 0.5) is 0 Å². The van der Waals surface area contributed by atoms with Crippen LogP contribution in [0.15, 0.2) is 0 Å². The summed E-state index contributed by atoms with van der Waals surface area (Å²) < 4.78 is 0. The lowest BCUT2D eigenvalue weighted by atomic mass is 10.1. The molecule has 70 valence electrons. The van der Waals surface area contributed by atoms with Crippen molar-refractivity contribution < 1.29 is 30.0 Å². The molecule has 0 aromatic carbocycles. The van der Waals surface area contributed by atoms with Crippen molar-refractivity contribution in [3.63, 3.8) is 0 Å². The standard InChI is InChI=1S/C6H10O6/c7-2-3(8)1-4(9)5(10)6(11)12/h4-5,7,9-10H,1-2H2,(H,11,12)/t4-,5+/m0/s1. The summed E-state index contributed by atoms with van der Waals surface area (Å²) in [6.07, 6.45) is -4.22. The minimum absolute atomic E-state index is 0.566. The Hall–Kier alpha value is -0.980. The molecule has 0 aromatic rings. The van der Waals surface area contributed by atoms with Crippen molar-refractivity contribution in [1.29, 1.82) is 0 Å². The zero-order chi connectivity index (χ0) is 9.72. The average Bonchev–Trinajstić information content (AvgIpc) is 2.02. The molecule has 0 aromatic heterocycles. The van der Waals surface area contributed by atoms with E-state index in [1.807, 2.05) is 0 Å². The second-order valence-electron chi connectivity index (χ2n) is 2.25. The van der Waals surface area contributed by atoms with E-state index < -0.39 is 37.0 Å². The van der Waals surface area contributed by atoms with Crippen molar-refractivity contribution >= 4 is 11.8 Å². The van der Waals surface area contributed by atoms with E-state index in [-0.39, 0.29) is 0 Å². The highest BCUT2D eigenvalue weighted by atomic mass is 16.4. The molecule has 0 rings (SSSR count). The molecular formula is C6H10O6. The van der Waals surface area contributed by atoms with E-state index in [9.17, 15) is 9.59 Å². The number of ketones is 1. The van der Waals surface area contributed by atoms with Crippen LogP contribution >= 0.6 is 0 Å². The molecule has 0 saturated heterocycles. The van der Waals surface area contributed by atoms with Crippen molar-refractivity contribution in [3.8, 4) is 0 Å². The first-order valence-electron chi connectivity index (χ1n) is 3.20. The molecule has 6 heteroatoms. The average molecular weight is 178 g/mol. The number of aliphatic carboxylic acids is 1. The van der Waals surface area contributed by atoms with Crippen LogP contribution in [-0.2, 0) is 9.59 Å². The fourth-order valence-corrected chi connectivity index (χ4v) is 0.574. The third-order valence-corrected chi connectivity index (χ3v) is 1.23. The van der Waals surface area contributed by atoms with Crippen molar-refractivity contribution in [2.24, 2.45) is 0 Å². The normalized spacial score (nSPS) is 15.2. The number of carboxylic acid groups (broad SMARTS) is 1. The summed E-state index contributed by atoms with van der Waals surface area (Å²) in [6, 6.07) is 0. The Labute approximate surface area is 68.1 Å². The lowest BCUT2D eigenvalue weighted by molar-refractivity contribution is -0.153. The Morgan fingerprint density at radius 3 is 2.08 bits per heavy atom. The lowest BCUT2D eigenvalue weighted by Gasteiger charge is -2.11. The molecule has 4 N–H and O–H groups in total. The number of aliphatic hydroxyl groups is 3. The first-order valence-corrected chi connectivity index (χ1v) is 3.20. The number of hydrogen-bond donors (Lipinski definition) is 4. The Bertz CT molecular complexity index is 177. The monoisotopic (exact) mass is 178 g/mol. The third-order valence-electron chi connectivity index (χ3n) is 1.23. The van der Waals surface area contributed by atoms with Gasteiger partial charge in [0.15, 0.2) is 11.9 Å². The number of Topliss-reactive ketones (excluding diaryl/α,β-unsaturated/α-hetero) is 1. The minimum atomic E-state index is -1.99. The van der Waals surface area contributed by atoms with Gasteiger partial charge in [0.05, 0.1) is 6.10 Å². The van der Waals surface area contributed by atoms with Crippen molar-refractivity contribution in [2.75, 3.05) is 6.61 Å². The fraction of sp³-hybridized carbons (Fsp3) is 0.667. The van der Waals surface area contributed by atoms with Gasteiger partial charge in [0.2, 0.25) is 0 Å². The first-order chi connectivity index (χ1) is 5.49. The van der Waals surface area contributed by atoms with Crippen molar-refractivity contribution in [2.45, 2.75) is 18.6 Å². The number of rotatable bonds is 5. The van der Waals surface area contributed by atoms with E-state index in [1.165, 1.54) is 0 Å². The van der Waals surface area contributed by atoms with Gasteiger partial charge in [-0.05, 0) is 0 Å². The van der Waals surface area contributed by atoms with Crippen LogP contribution in [0.5, 0.6) is 0 Å². The van der Waals surface area contributed by atoms with Crippen molar-refractivity contribution in [3.05, 3.63) is 0 Å². The number of carbonyl (C=O) groups is 2. The van der Waals surface area contributed by atoms with Crippen LogP contribution in [0.2, 0.25) is 0 Å². The van der Waals surface area contributed by atoms with E-state index >= 15 is 0 Å². The van der Waals surface area contributed by atoms with E-state index in [0.717, 1.165) is 0 Å². The maximum atomic E-state index is 10.4. The molecule has 6 nitrogen and oxygen atoms in total. The van der Waals surface area contributed by atoms with Gasteiger partial charge in [-0.2, -0.15) is 0 Å². The molecule has 0 bridgehead atoms. The number of carbonyl (C=O) groups excluding carboxylic acids is 1. The Balaban J connectivity index is 3.94. The Morgan fingerprint density at radius 1 is 1.25 bits per heavy atom.